The van der Waals surface area contributed by atoms with Gasteiger partial charge in [0.25, 0.3) is 0 Å². The van der Waals surface area contributed by atoms with Crippen molar-refractivity contribution in [2.75, 3.05) is 13.1 Å². The summed E-state index contributed by atoms with van der Waals surface area (Å²) in [6.07, 6.45) is 4.98. The van der Waals surface area contributed by atoms with E-state index in [-0.39, 0.29) is 11.7 Å². The van der Waals surface area contributed by atoms with E-state index in [4.69, 9.17) is 10.5 Å². The highest BCUT2D eigenvalue weighted by molar-refractivity contribution is 4.84. The van der Waals surface area contributed by atoms with Crippen LogP contribution >= 0.6 is 0 Å². The first-order chi connectivity index (χ1) is 8.04. The molecule has 1 fully saturated rings. The van der Waals surface area contributed by atoms with Crippen molar-refractivity contribution in [1.29, 1.82) is 0 Å². The molecule has 1 rings (SSSR count). The first kappa shape index (κ1) is 14.9. The highest BCUT2D eigenvalue weighted by Crippen LogP contribution is 2.32. The number of rotatable bonds is 9. The van der Waals surface area contributed by atoms with Crippen LogP contribution in [0.2, 0.25) is 0 Å². The van der Waals surface area contributed by atoms with Crippen molar-refractivity contribution in [1.82, 2.24) is 5.32 Å². The van der Waals surface area contributed by atoms with E-state index in [1.54, 1.807) is 0 Å². The summed E-state index contributed by atoms with van der Waals surface area (Å²) in [5.41, 5.74) is 5.78. The highest BCUT2D eigenvalue weighted by atomic mass is 16.5. The van der Waals surface area contributed by atoms with Crippen LogP contribution in [0.3, 0.4) is 0 Å². The van der Waals surface area contributed by atoms with Gasteiger partial charge in [0.05, 0.1) is 11.7 Å². The molecule has 3 N–H and O–H groups in total. The second-order valence-corrected chi connectivity index (χ2v) is 5.67. The lowest BCUT2D eigenvalue weighted by Gasteiger charge is -2.33. The summed E-state index contributed by atoms with van der Waals surface area (Å²) < 4.78 is 6.15. The molecule has 1 aliphatic rings. The molecule has 0 saturated heterocycles. The Morgan fingerprint density at radius 1 is 1.35 bits per heavy atom. The second-order valence-electron chi connectivity index (χ2n) is 5.67. The lowest BCUT2D eigenvalue weighted by molar-refractivity contribution is -0.0827. The van der Waals surface area contributed by atoms with Gasteiger partial charge in [0, 0.05) is 19.1 Å². The predicted molar refractivity (Wildman–Crippen MR) is 73.1 cm³/mol. The Labute approximate surface area is 106 Å². The van der Waals surface area contributed by atoms with Gasteiger partial charge in [0.1, 0.15) is 0 Å². The van der Waals surface area contributed by atoms with Gasteiger partial charge in [-0.3, -0.25) is 0 Å². The Bertz CT molecular complexity index is 212. The molecule has 0 bridgehead atoms. The Morgan fingerprint density at radius 3 is 2.35 bits per heavy atom. The summed E-state index contributed by atoms with van der Waals surface area (Å²) >= 11 is 0. The van der Waals surface area contributed by atoms with Crippen LogP contribution in [0.4, 0.5) is 0 Å². The molecule has 2 atom stereocenters. The van der Waals surface area contributed by atoms with Crippen LogP contribution < -0.4 is 11.1 Å². The molecule has 0 aromatic carbocycles. The maximum atomic E-state index is 6.15. The van der Waals surface area contributed by atoms with Crippen LogP contribution in [0.15, 0.2) is 0 Å². The Balaban J connectivity index is 2.31. The molecule has 1 aliphatic carbocycles. The maximum Gasteiger partial charge on any atom is 0.0828 e. The van der Waals surface area contributed by atoms with Crippen LogP contribution in [0, 0.1) is 5.92 Å². The van der Waals surface area contributed by atoms with E-state index >= 15 is 0 Å². The van der Waals surface area contributed by atoms with Crippen LogP contribution in [-0.2, 0) is 4.74 Å². The molecule has 0 heterocycles. The Kier molecular flexibility index (Phi) is 5.90. The molecule has 102 valence electrons. The van der Waals surface area contributed by atoms with E-state index in [1.165, 1.54) is 12.8 Å². The minimum atomic E-state index is -0.0193. The lowest BCUT2D eigenvalue weighted by Crippen LogP contribution is -2.44. The van der Waals surface area contributed by atoms with E-state index in [2.05, 4.69) is 33.0 Å². The van der Waals surface area contributed by atoms with Crippen LogP contribution in [0.25, 0.3) is 0 Å². The molecule has 17 heavy (non-hydrogen) atoms. The van der Waals surface area contributed by atoms with E-state index < -0.39 is 0 Å². The summed E-state index contributed by atoms with van der Waals surface area (Å²) in [5, 5.41) is 3.56. The molecule has 0 aliphatic heterocycles. The smallest absolute Gasteiger partial charge is 0.0828 e. The topological polar surface area (TPSA) is 47.3 Å². The zero-order valence-electron chi connectivity index (χ0n) is 12.0. The van der Waals surface area contributed by atoms with Crippen molar-refractivity contribution in [3.8, 4) is 0 Å². The summed E-state index contributed by atoms with van der Waals surface area (Å²) in [7, 11) is 0. The van der Waals surface area contributed by atoms with Crippen molar-refractivity contribution in [3.63, 3.8) is 0 Å². The van der Waals surface area contributed by atoms with E-state index in [1.807, 2.05) is 0 Å². The second kappa shape index (κ2) is 6.72. The Morgan fingerprint density at radius 2 is 1.94 bits per heavy atom. The fourth-order valence-corrected chi connectivity index (χ4v) is 2.07. The van der Waals surface area contributed by atoms with Crippen LogP contribution in [0.1, 0.15) is 53.4 Å². The molecular weight excluding hydrogens is 212 g/mol. The lowest BCUT2D eigenvalue weighted by atomic mass is 9.99. The number of hydrogen-bond donors (Lipinski definition) is 2. The summed E-state index contributed by atoms with van der Waals surface area (Å²) in [6, 6.07) is 0.613. The molecule has 3 nitrogen and oxygen atoms in total. The minimum absolute atomic E-state index is 0.0193. The quantitative estimate of drug-likeness (QED) is 0.652. The van der Waals surface area contributed by atoms with Gasteiger partial charge in [-0.1, -0.05) is 13.8 Å². The van der Waals surface area contributed by atoms with E-state index in [9.17, 15) is 0 Å². The third kappa shape index (κ3) is 4.94. The minimum Gasteiger partial charge on any atom is -0.369 e. The molecule has 0 amide bonds. The highest BCUT2D eigenvalue weighted by Gasteiger charge is 2.29. The molecule has 0 aromatic rings. The average Bonchev–Trinajstić information content (AvgIpc) is 3.17. The van der Waals surface area contributed by atoms with Gasteiger partial charge in [0.2, 0.25) is 0 Å². The van der Waals surface area contributed by atoms with Gasteiger partial charge < -0.3 is 15.8 Å². The maximum absolute atomic E-state index is 6.15. The average molecular weight is 242 g/mol. The standard InChI is InChI=1S/C14H30N2O/c1-5-14(4,6-2)17-13(9-15)10-16-11(3)12-7-8-12/h11-13,16H,5-10,15H2,1-4H3. The number of nitrogens with one attached hydrogen (secondary N) is 1. The number of nitrogens with two attached hydrogens (primary N) is 1. The van der Waals surface area contributed by atoms with E-state index in [0.717, 1.165) is 25.3 Å². The molecule has 0 spiro atoms. The molecule has 0 radical (unpaired) electrons. The van der Waals surface area contributed by atoms with Gasteiger partial charge in [0.15, 0.2) is 0 Å². The zero-order valence-corrected chi connectivity index (χ0v) is 12.0. The van der Waals surface area contributed by atoms with Gasteiger partial charge in [-0.05, 0) is 45.4 Å². The molecule has 3 heteroatoms. The van der Waals surface area contributed by atoms with Gasteiger partial charge >= 0.3 is 0 Å². The summed E-state index contributed by atoms with van der Waals surface area (Å²) in [4.78, 5) is 0. The van der Waals surface area contributed by atoms with Gasteiger partial charge in [-0.15, -0.1) is 0 Å². The van der Waals surface area contributed by atoms with Crippen molar-refractivity contribution < 1.29 is 4.74 Å². The van der Waals surface area contributed by atoms with Gasteiger partial charge in [-0.2, -0.15) is 0 Å². The van der Waals surface area contributed by atoms with Crippen molar-refractivity contribution >= 4 is 0 Å². The van der Waals surface area contributed by atoms with Crippen LogP contribution in [0.5, 0.6) is 0 Å². The normalized spacial score (nSPS) is 20.3. The Hall–Kier alpha value is -0.120. The third-order valence-electron chi connectivity index (χ3n) is 4.21. The third-order valence-corrected chi connectivity index (χ3v) is 4.21. The van der Waals surface area contributed by atoms with E-state index in [0.29, 0.717) is 12.6 Å². The summed E-state index contributed by atoms with van der Waals surface area (Å²) in [5.74, 6) is 0.886. The summed E-state index contributed by atoms with van der Waals surface area (Å²) in [6.45, 7) is 10.3. The SMILES string of the molecule is CCC(C)(CC)OC(CN)CNC(C)C1CC1. The monoisotopic (exact) mass is 242 g/mol. The van der Waals surface area contributed by atoms with Crippen molar-refractivity contribution in [2.45, 2.75) is 71.1 Å². The van der Waals surface area contributed by atoms with Crippen LogP contribution in [-0.4, -0.2) is 30.8 Å². The van der Waals surface area contributed by atoms with Crippen molar-refractivity contribution in [3.05, 3.63) is 0 Å². The molecule has 1 saturated carbocycles. The molecule has 0 aromatic heterocycles. The number of ether oxygens (including phenoxy) is 1. The molecular formula is C14H30N2O. The zero-order chi connectivity index (χ0) is 12.9. The first-order valence-corrected chi connectivity index (χ1v) is 7.16. The fraction of sp³-hybridized carbons (Fsp3) is 1.00. The predicted octanol–water partition coefficient (Wildman–Crippen LogP) is 2.30. The van der Waals surface area contributed by atoms with Gasteiger partial charge in [-0.25, -0.2) is 0 Å². The number of hydrogen-bond acceptors (Lipinski definition) is 3. The van der Waals surface area contributed by atoms with Crippen molar-refractivity contribution in [2.24, 2.45) is 11.7 Å². The largest absolute Gasteiger partial charge is 0.369 e. The first-order valence-electron chi connectivity index (χ1n) is 7.16. The fourth-order valence-electron chi connectivity index (χ4n) is 2.07. The molecule has 2 unspecified atom stereocenters.